The van der Waals surface area contributed by atoms with Gasteiger partial charge < -0.3 is 9.80 Å². The van der Waals surface area contributed by atoms with Gasteiger partial charge in [-0.1, -0.05) is 18.2 Å². The lowest BCUT2D eigenvalue weighted by Crippen LogP contribution is -2.38. The smallest absolute Gasteiger partial charge is 0.229 e. The number of carbonyl (C=O) groups is 2. The number of rotatable bonds is 4. The number of hydrogen-bond acceptors (Lipinski definition) is 4. The summed E-state index contributed by atoms with van der Waals surface area (Å²) >= 11 is 0. The number of nitrogens with zero attached hydrogens (tertiary/aromatic N) is 4. The molecule has 6 nitrogen and oxygen atoms in total. The Bertz CT molecular complexity index is 599. The van der Waals surface area contributed by atoms with Crippen LogP contribution < -0.4 is 4.90 Å². The first-order valence-electron chi connectivity index (χ1n) is 6.55. The van der Waals surface area contributed by atoms with Crippen LogP contribution in [0.1, 0.15) is 6.42 Å². The van der Waals surface area contributed by atoms with Crippen molar-refractivity contribution in [2.45, 2.75) is 6.42 Å². The zero-order valence-corrected chi connectivity index (χ0v) is 11.4. The molecule has 0 aliphatic carbocycles. The molecule has 0 radical (unpaired) electrons. The molecule has 0 spiro atoms. The Labute approximate surface area is 122 Å². The Morgan fingerprint density at radius 2 is 1.86 bits per heavy atom. The number of amides is 2. The van der Waals surface area contributed by atoms with Crippen LogP contribution in [0.4, 0.5) is 5.69 Å². The van der Waals surface area contributed by atoms with Gasteiger partial charge in [-0.15, -0.1) is 0 Å². The first-order chi connectivity index (χ1) is 10.2. The van der Waals surface area contributed by atoms with E-state index in [9.17, 15) is 9.59 Å². The van der Waals surface area contributed by atoms with Gasteiger partial charge in [0.15, 0.2) is 0 Å². The van der Waals surface area contributed by atoms with E-state index in [1.165, 1.54) is 4.90 Å². The highest BCUT2D eigenvalue weighted by Crippen LogP contribution is 2.25. The summed E-state index contributed by atoms with van der Waals surface area (Å²) in [5.41, 5.74) is 0.755. The molecule has 1 aliphatic heterocycles. The average molecular weight is 282 g/mol. The van der Waals surface area contributed by atoms with E-state index in [1.807, 2.05) is 42.5 Å². The van der Waals surface area contributed by atoms with Crippen LogP contribution >= 0.6 is 0 Å². The van der Waals surface area contributed by atoms with Crippen LogP contribution in [-0.2, 0) is 9.59 Å². The molecule has 1 saturated heterocycles. The Balaban J connectivity index is 2.10. The lowest BCUT2D eigenvalue weighted by atomic mass is 10.1. The maximum Gasteiger partial charge on any atom is 0.229 e. The average Bonchev–Trinajstić information content (AvgIpc) is 2.89. The molecule has 2 rings (SSSR count). The molecule has 6 heteroatoms. The molecule has 1 aromatic rings. The molecule has 0 N–H and O–H groups in total. The predicted molar refractivity (Wildman–Crippen MR) is 74.7 cm³/mol. The second kappa shape index (κ2) is 6.53. The predicted octanol–water partition coefficient (Wildman–Crippen LogP) is 0.915. The molecule has 21 heavy (non-hydrogen) atoms. The van der Waals surface area contributed by atoms with Crippen LogP contribution in [0.3, 0.4) is 0 Å². The van der Waals surface area contributed by atoms with Gasteiger partial charge in [0, 0.05) is 18.7 Å². The van der Waals surface area contributed by atoms with Gasteiger partial charge in [0.1, 0.15) is 13.1 Å². The van der Waals surface area contributed by atoms with E-state index in [0.717, 1.165) is 5.69 Å². The van der Waals surface area contributed by atoms with Crippen LogP contribution in [0, 0.1) is 28.6 Å². The minimum atomic E-state index is -0.501. The lowest BCUT2D eigenvalue weighted by Gasteiger charge is -2.20. The SMILES string of the molecule is N#CCN(CC#N)C(=O)[C@H]1CC(=O)N(c2ccccc2)C1. The van der Waals surface area contributed by atoms with Crippen molar-refractivity contribution in [1.82, 2.24) is 4.90 Å². The van der Waals surface area contributed by atoms with Crippen molar-refractivity contribution in [2.75, 3.05) is 24.5 Å². The summed E-state index contributed by atoms with van der Waals surface area (Å²) in [6, 6.07) is 12.9. The molecule has 0 aromatic heterocycles. The molecule has 106 valence electrons. The summed E-state index contributed by atoms with van der Waals surface area (Å²) < 4.78 is 0. The molecular formula is C15H14N4O2. The van der Waals surface area contributed by atoms with E-state index in [1.54, 1.807) is 4.90 Å². The highest BCUT2D eigenvalue weighted by Gasteiger charge is 2.37. The van der Waals surface area contributed by atoms with Crippen molar-refractivity contribution < 1.29 is 9.59 Å². The lowest BCUT2D eigenvalue weighted by molar-refractivity contribution is -0.134. The molecule has 1 aliphatic rings. The highest BCUT2D eigenvalue weighted by molar-refractivity contribution is 6.00. The summed E-state index contributed by atoms with van der Waals surface area (Å²) in [5, 5.41) is 17.4. The van der Waals surface area contributed by atoms with E-state index < -0.39 is 5.92 Å². The summed E-state index contributed by atoms with van der Waals surface area (Å²) in [5.74, 6) is -0.933. The Hall–Kier alpha value is -2.86. The van der Waals surface area contributed by atoms with Gasteiger partial charge in [-0.25, -0.2) is 0 Å². The normalized spacial score (nSPS) is 17.1. The summed E-state index contributed by atoms with van der Waals surface area (Å²) in [6.07, 6.45) is 0.112. The van der Waals surface area contributed by atoms with Crippen LogP contribution in [0.25, 0.3) is 0 Å². The van der Waals surface area contributed by atoms with E-state index in [0.29, 0.717) is 0 Å². The minimum absolute atomic E-state index is 0.112. The Kier molecular flexibility index (Phi) is 4.53. The van der Waals surface area contributed by atoms with Gasteiger partial charge in [0.25, 0.3) is 0 Å². The van der Waals surface area contributed by atoms with Crippen molar-refractivity contribution in [3.8, 4) is 12.1 Å². The van der Waals surface area contributed by atoms with Crippen LogP contribution in [0.15, 0.2) is 30.3 Å². The minimum Gasteiger partial charge on any atom is -0.316 e. The quantitative estimate of drug-likeness (QED) is 0.768. The maximum atomic E-state index is 12.3. The second-order valence-corrected chi connectivity index (χ2v) is 4.75. The van der Waals surface area contributed by atoms with E-state index in [-0.39, 0.29) is 37.9 Å². The van der Waals surface area contributed by atoms with Crippen LogP contribution in [-0.4, -0.2) is 36.3 Å². The van der Waals surface area contributed by atoms with Crippen molar-refractivity contribution in [3.05, 3.63) is 30.3 Å². The maximum absolute atomic E-state index is 12.3. The van der Waals surface area contributed by atoms with Gasteiger partial charge in [-0.05, 0) is 12.1 Å². The van der Waals surface area contributed by atoms with E-state index in [2.05, 4.69) is 0 Å². The Morgan fingerprint density at radius 1 is 1.24 bits per heavy atom. The van der Waals surface area contributed by atoms with Gasteiger partial charge >= 0.3 is 0 Å². The highest BCUT2D eigenvalue weighted by atomic mass is 16.2. The number of carbonyl (C=O) groups excluding carboxylic acids is 2. The zero-order valence-electron chi connectivity index (χ0n) is 11.4. The largest absolute Gasteiger partial charge is 0.316 e. The fourth-order valence-corrected chi connectivity index (χ4v) is 2.37. The number of anilines is 1. The van der Waals surface area contributed by atoms with Gasteiger partial charge in [-0.3, -0.25) is 9.59 Å². The molecule has 1 fully saturated rings. The number of nitriles is 2. The zero-order chi connectivity index (χ0) is 15.2. The van der Waals surface area contributed by atoms with Crippen molar-refractivity contribution >= 4 is 17.5 Å². The topological polar surface area (TPSA) is 88.2 Å². The monoisotopic (exact) mass is 282 g/mol. The first kappa shape index (κ1) is 14.5. The van der Waals surface area contributed by atoms with Crippen molar-refractivity contribution in [1.29, 1.82) is 10.5 Å². The molecule has 0 saturated carbocycles. The summed E-state index contributed by atoms with van der Waals surface area (Å²) in [4.78, 5) is 27.1. The fraction of sp³-hybridized carbons (Fsp3) is 0.333. The summed E-state index contributed by atoms with van der Waals surface area (Å²) in [7, 11) is 0. The van der Waals surface area contributed by atoms with E-state index >= 15 is 0 Å². The second-order valence-electron chi connectivity index (χ2n) is 4.75. The van der Waals surface area contributed by atoms with Crippen molar-refractivity contribution in [2.24, 2.45) is 5.92 Å². The molecule has 1 aromatic carbocycles. The third-order valence-electron chi connectivity index (χ3n) is 3.38. The Morgan fingerprint density at radius 3 is 2.43 bits per heavy atom. The van der Waals surface area contributed by atoms with E-state index in [4.69, 9.17) is 10.5 Å². The first-order valence-corrected chi connectivity index (χ1v) is 6.55. The summed E-state index contributed by atoms with van der Waals surface area (Å²) in [6.45, 7) is 0.0138. The molecule has 1 atom stereocenters. The standard InChI is InChI=1S/C15H14N4O2/c16-6-8-18(9-7-17)15(21)12-10-14(20)19(11-12)13-4-2-1-3-5-13/h1-5,12H,8-11H2/t12-/m0/s1. The van der Waals surface area contributed by atoms with Crippen LogP contribution in [0.5, 0.6) is 0 Å². The van der Waals surface area contributed by atoms with Crippen LogP contribution in [0.2, 0.25) is 0 Å². The third kappa shape index (κ3) is 3.18. The molecule has 2 amide bonds. The van der Waals surface area contributed by atoms with Gasteiger partial charge in [-0.2, -0.15) is 10.5 Å². The number of para-hydroxylation sites is 1. The molecule has 0 unspecified atom stereocenters. The fourth-order valence-electron chi connectivity index (χ4n) is 2.37. The van der Waals surface area contributed by atoms with Gasteiger partial charge in [0.05, 0.1) is 18.1 Å². The number of benzene rings is 1. The number of hydrogen-bond donors (Lipinski definition) is 0. The molecule has 0 bridgehead atoms. The molecular weight excluding hydrogens is 268 g/mol. The van der Waals surface area contributed by atoms with Crippen molar-refractivity contribution in [3.63, 3.8) is 0 Å². The third-order valence-corrected chi connectivity index (χ3v) is 3.38. The van der Waals surface area contributed by atoms with Gasteiger partial charge in [0.2, 0.25) is 11.8 Å². The molecule has 1 heterocycles.